The molecule has 9 heteroatoms. The predicted octanol–water partition coefficient (Wildman–Crippen LogP) is 2.08. The highest BCUT2D eigenvalue weighted by Crippen LogP contribution is 2.21. The topological polar surface area (TPSA) is 120 Å². The summed E-state index contributed by atoms with van der Waals surface area (Å²) in [6.07, 6.45) is 12.8. The van der Waals surface area contributed by atoms with Crippen LogP contribution in [0.15, 0.2) is 4.63 Å². The first-order chi connectivity index (χ1) is 13.3. The van der Waals surface area contributed by atoms with Crippen LogP contribution in [0.25, 0.3) is 5.82 Å². The van der Waals surface area contributed by atoms with Crippen molar-refractivity contribution in [3.63, 3.8) is 0 Å². The molecule has 0 aromatic carbocycles. The van der Waals surface area contributed by atoms with E-state index in [0.717, 1.165) is 11.4 Å². The van der Waals surface area contributed by atoms with Gasteiger partial charge in [-0.15, -0.1) is 5.10 Å². The van der Waals surface area contributed by atoms with Gasteiger partial charge in [0.05, 0.1) is 5.69 Å². The van der Waals surface area contributed by atoms with Crippen LogP contribution in [0, 0.1) is 0 Å². The lowest BCUT2D eigenvalue weighted by Crippen LogP contribution is -2.33. The Balaban J connectivity index is 1.48. The minimum atomic E-state index is 0.227. The zero-order valence-corrected chi connectivity index (χ0v) is 15.9. The zero-order valence-electron chi connectivity index (χ0n) is 15.9. The fraction of sp³-hybridized carbons (Fsp3) is 0.778. The first kappa shape index (κ1) is 18.4. The number of nitrogen functional groups attached to an aromatic ring is 1. The lowest BCUT2D eigenvalue weighted by Gasteiger charge is -2.24. The van der Waals surface area contributed by atoms with Gasteiger partial charge in [0.1, 0.15) is 5.69 Å². The van der Waals surface area contributed by atoms with Gasteiger partial charge in [-0.2, -0.15) is 4.68 Å². The third-order valence-electron chi connectivity index (χ3n) is 5.87. The summed E-state index contributed by atoms with van der Waals surface area (Å²) in [5, 5.41) is 23.6. The lowest BCUT2D eigenvalue weighted by atomic mass is 9.95. The summed E-state index contributed by atoms with van der Waals surface area (Å²) in [6.45, 7) is 1.39. The smallest absolute Gasteiger partial charge is 0.243 e. The second-order valence-electron chi connectivity index (χ2n) is 7.80. The summed E-state index contributed by atoms with van der Waals surface area (Å²) in [6, 6.07) is 1.12. The van der Waals surface area contributed by atoms with Crippen LogP contribution in [0.3, 0.4) is 0 Å². The number of hydrogen-bond acceptors (Lipinski definition) is 8. The molecule has 27 heavy (non-hydrogen) atoms. The van der Waals surface area contributed by atoms with Crippen LogP contribution in [0.1, 0.15) is 75.6 Å². The number of rotatable bonds is 7. The van der Waals surface area contributed by atoms with E-state index in [1.54, 1.807) is 4.68 Å². The monoisotopic (exact) mass is 374 g/mol. The highest BCUT2D eigenvalue weighted by molar-refractivity contribution is 5.44. The molecule has 4 N–H and O–H groups in total. The van der Waals surface area contributed by atoms with E-state index in [1.807, 2.05) is 0 Å². The normalized spacial score (nSPS) is 19.6. The maximum atomic E-state index is 5.89. The molecule has 2 heterocycles. The summed E-state index contributed by atoms with van der Waals surface area (Å²) < 4.78 is 6.43. The fourth-order valence-electron chi connectivity index (χ4n) is 4.25. The Morgan fingerprint density at radius 2 is 1.52 bits per heavy atom. The predicted molar refractivity (Wildman–Crippen MR) is 101 cm³/mol. The zero-order chi connectivity index (χ0) is 18.5. The van der Waals surface area contributed by atoms with E-state index in [-0.39, 0.29) is 5.82 Å². The molecular weight excluding hydrogens is 344 g/mol. The van der Waals surface area contributed by atoms with Crippen molar-refractivity contribution in [2.45, 2.75) is 89.4 Å². The van der Waals surface area contributed by atoms with E-state index in [1.165, 1.54) is 64.2 Å². The molecule has 9 nitrogen and oxygen atoms in total. The van der Waals surface area contributed by atoms with Gasteiger partial charge in [0, 0.05) is 25.2 Å². The summed E-state index contributed by atoms with van der Waals surface area (Å²) >= 11 is 0. The maximum absolute atomic E-state index is 5.89. The number of nitrogens with zero attached hydrogens (tertiary/aromatic N) is 5. The molecule has 2 aliphatic carbocycles. The molecule has 0 bridgehead atoms. The van der Waals surface area contributed by atoms with E-state index in [9.17, 15) is 0 Å². The molecule has 2 aromatic heterocycles. The van der Waals surface area contributed by atoms with Crippen molar-refractivity contribution < 1.29 is 4.63 Å². The summed E-state index contributed by atoms with van der Waals surface area (Å²) in [7, 11) is 0. The van der Waals surface area contributed by atoms with Crippen molar-refractivity contribution in [3.8, 4) is 5.82 Å². The maximum Gasteiger partial charge on any atom is 0.243 e. The average Bonchev–Trinajstić information content (AvgIpc) is 3.31. The Labute approximate surface area is 159 Å². The highest BCUT2D eigenvalue weighted by Gasteiger charge is 2.22. The van der Waals surface area contributed by atoms with Gasteiger partial charge < -0.3 is 16.4 Å². The molecule has 4 rings (SSSR count). The molecule has 2 aromatic rings. The molecule has 0 radical (unpaired) electrons. The lowest BCUT2D eigenvalue weighted by molar-refractivity contribution is 0.306. The molecule has 0 aliphatic heterocycles. The first-order valence-corrected chi connectivity index (χ1v) is 10.3. The van der Waals surface area contributed by atoms with Gasteiger partial charge >= 0.3 is 0 Å². The van der Waals surface area contributed by atoms with Crippen molar-refractivity contribution in [2.75, 3.05) is 5.73 Å². The Bertz CT molecular complexity index is 715. The number of hydrogen-bond donors (Lipinski definition) is 3. The summed E-state index contributed by atoms with van der Waals surface area (Å²) in [5.74, 6) is 0.637. The van der Waals surface area contributed by atoms with Crippen LogP contribution in [0.5, 0.6) is 0 Å². The third-order valence-corrected chi connectivity index (χ3v) is 5.87. The standard InChI is InChI=1S/C18H30N8O/c19-17-18(24-27-23-17)26-16(12-21-14-9-5-2-6-10-14)15(22-25-26)11-20-13-7-3-1-4-8-13/h13-14,20-21H,1-12H2,(H2,19,23). The van der Waals surface area contributed by atoms with Crippen LogP contribution < -0.4 is 16.4 Å². The Hall–Kier alpha value is -2.00. The van der Waals surface area contributed by atoms with Crippen molar-refractivity contribution in [3.05, 3.63) is 11.4 Å². The molecule has 2 fully saturated rings. The number of nitrogens with two attached hydrogens (primary N) is 1. The van der Waals surface area contributed by atoms with E-state index < -0.39 is 0 Å². The van der Waals surface area contributed by atoms with E-state index >= 15 is 0 Å². The molecule has 2 saturated carbocycles. The average molecular weight is 374 g/mol. The van der Waals surface area contributed by atoms with Crippen LogP contribution in [0.4, 0.5) is 5.82 Å². The number of anilines is 1. The van der Waals surface area contributed by atoms with E-state index in [2.05, 4.69) is 31.3 Å². The largest absolute Gasteiger partial charge is 0.378 e. The fourth-order valence-corrected chi connectivity index (χ4v) is 4.25. The van der Waals surface area contributed by atoms with Crippen LogP contribution in [0.2, 0.25) is 0 Å². The Morgan fingerprint density at radius 3 is 2.11 bits per heavy atom. The molecule has 0 atom stereocenters. The summed E-state index contributed by atoms with van der Waals surface area (Å²) in [5.41, 5.74) is 7.80. The van der Waals surface area contributed by atoms with Crippen LogP contribution >= 0.6 is 0 Å². The van der Waals surface area contributed by atoms with Gasteiger partial charge in [-0.25, -0.2) is 4.63 Å². The van der Waals surface area contributed by atoms with Gasteiger partial charge in [0.15, 0.2) is 0 Å². The minimum Gasteiger partial charge on any atom is -0.378 e. The molecule has 148 valence electrons. The van der Waals surface area contributed by atoms with Crippen molar-refractivity contribution in [1.82, 2.24) is 35.9 Å². The van der Waals surface area contributed by atoms with Gasteiger partial charge in [-0.1, -0.05) is 43.7 Å². The highest BCUT2D eigenvalue weighted by atomic mass is 16.6. The third kappa shape index (κ3) is 4.47. The molecular formula is C18H30N8O. The first-order valence-electron chi connectivity index (χ1n) is 10.3. The minimum absolute atomic E-state index is 0.227. The quantitative estimate of drug-likeness (QED) is 0.674. The van der Waals surface area contributed by atoms with Gasteiger partial charge in [0.2, 0.25) is 11.6 Å². The van der Waals surface area contributed by atoms with Gasteiger partial charge in [0.25, 0.3) is 0 Å². The molecule has 2 aliphatic rings. The number of nitrogens with one attached hydrogen (secondary N) is 2. The second-order valence-corrected chi connectivity index (χ2v) is 7.80. The Kier molecular flexibility index (Phi) is 5.98. The summed E-state index contributed by atoms with van der Waals surface area (Å²) in [4.78, 5) is 0. The van der Waals surface area contributed by atoms with Crippen molar-refractivity contribution >= 4 is 5.82 Å². The van der Waals surface area contributed by atoms with Crippen molar-refractivity contribution in [2.24, 2.45) is 0 Å². The molecule has 0 spiro atoms. The van der Waals surface area contributed by atoms with Crippen LogP contribution in [-0.2, 0) is 13.1 Å². The van der Waals surface area contributed by atoms with Crippen molar-refractivity contribution in [1.29, 1.82) is 0 Å². The van der Waals surface area contributed by atoms with E-state index in [4.69, 9.17) is 10.4 Å². The molecule has 0 unspecified atom stereocenters. The van der Waals surface area contributed by atoms with Gasteiger partial charge in [-0.3, -0.25) is 0 Å². The molecule has 0 amide bonds. The SMILES string of the molecule is Nc1nonc1-n1nnc(CNC2CCCCC2)c1CNC1CCCCC1. The van der Waals surface area contributed by atoms with Gasteiger partial charge in [-0.05, 0) is 36.0 Å². The number of aromatic nitrogens is 5. The second kappa shape index (κ2) is 8.79. The molecule has 0 saturated heterocycles. The van der Waals surface area contributed by atoms with Crippen LogP contribution in [-0.4, -0.2) is 37.4 Å². The Morgan fingerprint density at radius 1 is 0.889 bits per heavy atom. The van der Waals surface area contributed by atoms with E-state index in [0.29, 0.717) is 31.0 Å².